The van der Waals surface area contributed by atoms with Crippen molar-refractivity contribution in [2.24, 2.45) is 0 Å². The molecule has 28 heavy (non-hydrogen) atoms. The molecule has 0 aliphatic carbocycles. The van der Waals surface area contributed by atoms with E-state index in [-0.39, 0.29) is 11.9 Å². The Labute approximate surface area is 170 Å². The normalized spacial score (nSPS) is 10.6. The Morgan fingerprint density at radius 2 is 1.50 bits per heavy atom. The molecule has 1 aromatic carbocycles. The zero-order valence-corrected chi connectivity index (χ0v) is 17.5. The van der Waals surface area contributed by atoms with E-state index in [9.17, 15) is 9.59 Å². The van der Waals surface area contributed by atoms with E-state index in [1.54, 1.807) is 13.8 Å². The van der Waals surface area contributed by atoms with E-state index in [1.165, 1.54) is 16.9 Å². The van der Waals surface area contributed by atoms with Crippen LogP contribution in [0.1, 0.15) is 70.7 Å². The van der Waals surface area contributed by atoms with Gasteiger partial charge in [-0.25, -0.2) is 9.59 Å². The zero-order chi connectivity index (χ0) is 20.4. The second-order valence-corrected chi connectivity index (χ2v) is 7.71. The summed E-state index contributed by atoms with van der Waals surface area (Å²) in [5.74, 6) is -0.606. The van der Waals surface area contributed by atoms with Crippen LogP contribution in [0.3, 0.4) is 0 Å². The number of rotatable bonds is 11. The van der Waals surface area contributed by atoms with Gasteiger partial charge in [0.1, 0.15) is 5.00 Å². The molecule has 0 aliphatic heterocycles. The molecule has 0 saturated heterocycles. The van der Waals surface area contributed by atoms with Gasteiger partial charge in [0.15, 0.2) is 0 Å². The first kappa shape index (κ1) is 22.0. The van der Waals surface area contributed by atoms with Gasteiger partial charge in [0, 0.05) is 4.88 Å². The third-order valence-electron chi connectivity index (χ3n) is 4.41. The summed E-state index contributed by atoms with van der Waals surface area (Å²) in [6.07, 6.45) is 6.40. The zero-order valence-electron chi connectivity index (χ0n) is 16.7. The summed E-state index contributed by atoms with van der Waals surface area (Å²) >= 11 is 1.48. The van der Waals surface area contributed by atoms with Gasteiger partial charge in [-0.15, -0.1) is 11.3 Å². The van der Waals surface area contributed by atoms with Gasteiger partial charge in [-0.1, -0.05) is 25.0 Å². The molecule has 0 radical (unpaired) electrons. The van der Waals surface area contributed by atoms with Crippen LogP contribution in [0, 0.1) is 0 Å². The fraction of sp³-hybridized carbons (Fsp3) is 0.455. The minimum atomic E-state index is -0.337. The molecule has 0 amide bonds. The van der Waals surface area contributed by atoms with Crippen molar-refractivity contribution in [3.63, 3.8) is 0 Å². The monoisotopic (exact) mass is 403 g/mol. The molecule has 6 heteroatoms. The Morgan fingerprint density at radius 1 is 0.893 bits per heavy atom. The Bertz CT molecular complexity index is 767. The van der Waals surface area contributed by atoms with E-state index in [1.807, 2.05) is 30.3 Å². The molecule has 0 aliphatic rings. The van der Waals surface area contributed by atoms with Gasteiger partial charge in [-0.3, -0.25) is 0 Å². The van der Waals surface area contributed by atoms with Crippen LogP contribution in [0.2, 0.25) is 0 Å². The van der Waals surface area contributed by atoms with Crippen molar-refractivity contribution in [2.45, 2.75) is 52.4 Å². The number of carbonyl (C=O) groups excluding carboxylic acids is 2. The van der Waals surface area contributed by atoms with Crippen LogP contribution in [-0.4, -0.2) is 25.2 Å². The number of hydrogen-bond acceptors (Lipinski definition) is 6. The molecule has 5 nitrogen and oxygen atoms in total. The number of hydrogen-bond donors (Lipinski definition) is 1. The van der Waals surface area contributed by atoms with Gasteiger partial charge in [-0.2, -0.15) is 0 Å². The minimum absolute atomic E-state index is 0.269. The molecule has 2 aromatic rings. The molecule has 0 spiro atoms. The lowest BCUT2D eigenvalue weighted by Gasteiger charge is -2.04. The fourth-order valence-electron chi connectivity index (χ4n) is 2.95. The molecule has 0 unspecified atom stereocenters. The van der Waals surface area contributed by atoms with Crippen molar-refractivity contribution in [3.05, 3.63) is 51.9 Å². The number of nitrogens with two attached hydrogens (primary N) is 1. The highest BCUT2D eigenvalue weighted by molar-refractivity contribution is 7.16. The summed E-state index contributed by atoms with van der Waals surface area (Å²) < 4.78 is 10.0. The number of esters is 2. The first-order valence-electron chi connectivity index (χ1n) is 9.86. The topological polar surface area (TPSA) is 78.6 Å². The van der Waals surface area contributed by atoms with Crippen molar-refractivity contribution in [2.75, 3.05) is 18.9 Å². The number of thiophene rings is 1. The van der Waals surface area contributed by atoms with E-state index >= 15 is 0 Å². The molecular weight excluding hydrogens is 374 g/mol. The Kier molecular flexibility index (Phi) is 9.01. The van der Waals surface area contributed by atoms with E-state index < -0.39 is 0 Å². The lowest BCUT2D eigenvalue weighted by molar-refractivity contribution is 0.0517. The van der Waals surface area contributed by atoms with Crippen LogP contribution in [0.25, 0.3) is 0 Å². The molecular formula is C22H29NO4S. The Balaban J connectivity index is 1.66. The number of unbranched alkanes of at least 4 members (excludes halogenated alkanes) is 3. The van der Waals surface area contributed by atoms with Crippen LogP contribution in [-0.2, 0) is 22.3 Å². The molecule has 1 aromatic heterocycles. The van der Waals surface area contributed by atoms with Crippen molar-refractivity contribution in [1.29, 1.82) is 0 Å². The highest BCUT2D eigenvalue weighted by atomic mass is 32.1. The summed E-state index contributed by atoms with van der Waals surface area (Å²) in [6.45, 7) is 4.34. The summed E-state index contributed by atoms with van der Waals surface area (Å²) in [6, 6.07) is 9.52. The fourth-order valence-corrected chi connectivity index (χ4v) is 3.91. The molecule has 0 fully saturated rings. The molecule has 0 atom stereocenters. The van der Waals surface area contributed by atoms with Gasteiger partial charge < -0.3 is 15.2 Å². The maximum Gasteiger partial charge on any atom is 0.341 e. The number of aryl methyl sites for hydroxylation is 2. The molecule has 0 bridgehead atoms. The summed E-state index contributed by atoms with van der Waals surface area (Å²) in [7, 11) is 0. The SMILES string of the molecule is CCOC(=O)c1ccc(CCCCCCc2cc(C(=O)OCC)c(N)s2)cc1. The van der Waals surface area contributed by atoms with E-state index in [4.69, 9.17) is 15.2 Å². The smallest absolute Gasteiger partial charge is 0.341 e. The molecule has 2 N–H and O–H groups in total. The number of anilines is 1. The highest BCUT2D eigenvalue weighted by Crippen LogP contribution is 2.27. The van der Waals surface area contributed by atoms with Crippen LogP contribution >= 0.6 is 11.3 Å². The third-order valence-corrected chi connectivity index (χ3v) is 5.43. The average molecular weight is 404 g/mol. The molecule has 0 saturated carbocycles. The molecule has 152 valence electrons. The van der Waals surface area contributed by atoms with Crippen LogP contribution in [0.5, 0.6) is 0 Å². The number of ether oxygens (including phenoxy) is 2. The maximum atomic E-state index is 11.8. The second kappa shape index (κ2) is 11.5. The lowest BCUT2D eigenvalue weighted by atomic mass is 10.0. The Morgan fingerprint density at radius 3 is 2.14 bits per heavy atom. The van der Waals surface area contributed by atoms with Crippen LogP contribution < -0.4 is 5.73 Å². The van der Waals surface area contributed by atoms with Crippen LogP contribution in [0.4, 0.5) is 5.00 Å². The average Bonchev–Trinajstić information content (AvgIpc) is 3.06. The number of nitrogen functional groups attached to an aromatic ring is 1. The lowest BCUT2D eigenvalue weighted by Crippen LogP contribution is -2.05. The number of benzene rings is 1. The largest absolute Gasteiger partial charge is 0.462 e. The quantitative estimate of drug-likeness (QED) is 0.420. The summed E-state index contributed by atoms with van der Waals surface area (Å²) in [5, 5.41) is 0.541. The van der Waals surface area contributed by atoms with Crippen molar-refractivity contribution in [3.8, 4) is 0 Å². The molecule has 1 heterocycles. The van der Waals surface area contributed by atoms with Crippen molar-refractivity contribution >= 4 is 28.3 Å². The minimum Gasteiger partial charge on any atom is -0.462 e. The van der Waals surface area contributed by atoms with Gasteiger partial charge >= 0.3 is 11.9 Å². The van der Waals surface area contributed by atoms with Crippen molar-refractivity contribution < 1.29 is 19.1 Å². The summed E-state index contributed by atoms with van der Waals surface area (Å²) in [5.41, 5.74) is 8.25. The predicted molar refractivity (Wildman–Crippen MR) is 113 cm³/mol. The van der Waals surface area contributed by atoms with E-state index in [2.05, 4.69) is 0 Å². The van der Waals surface area contributed by atoms with E-state index in [0.29, 0.717) is 29.3 Å². The van der Waals surface area contributed by atoms with Crippen LogP contribution in [0.15, 0.2) is 30.3 Å². The van der Waals surface area contributed by atoms with E-state index in [0.717, 1.165) is 43.4 Å². The first-order chi connectivity index (χ1) is 13.5. The highest BCUT2D eigenvalue weighted by Gasteiger charge is 2.14. The van der Waals surface area contributed by atoms with Gasteiger partial charge in [-0.05, 0) is 63.3 Å². The van der Waals surface area contributed by atoms with Gasteiger partial charge in [0.2, 0.25) is 0 Å². The number of carbonyl (C=O) groups is 2. The molecule has 2 rings (SSSR count). The third kappa shape index (κ3) is 6.68. The van der Waals surface area contributed by atoms with Gasteiger partial charge in [0.05, 0.1) is 24.3 Å². The van der Waals surface area contributed by atoms with Gasteiger partial charge in [0.25, 0.3) is 0 Å². The Hall–Kier alpha value is -2.34. The predicted octanol–water partition coefficient (Wildman–Crippen LogP) is 5.03. The first-order valence-corrected chi connectivity index (χ1v) is 10.7. The standard InChI is InChI=1S/C22H29NO4S/c1-3-26-21(24)17-13-11-16(12-14-17)9-7-5-6-8-10-18-15-19(20(23)28-18)22(25)27-4-2/h11-15H,3-10,23H2,1-2H3. The van der Waals surface area contributed by atoms with Crippen molar-refractivity contribution in [1.82, 2.24) is 0 Å². The second-order valence-electron chi connectivity index (χ2n) is 6.54. The maximum absolute atomic E-state index is 11.8. The summed E-state index contributed by atoms with van der Waals surface area (Å²) in [4.78, 5) is 24.6.